The zero-order valence-electron chi connectivity index (χ0n) is 25.6. The number of carbonyl (C=O) groups excluding carboxylic acids is 1. The number of ether oxygens (including phenoxy) is 5. The molecule has 236 valence electrons. The summed E-state index contributed by atoms with van der Waals surface area (Å²) in [7, 11) is 2.07. The summed E-state index contributed by atoms with van der Waals surface area (Å²) >= 11 is 1.62. The second-order valence-electron chi connectivity index (χ2n) is 10.9. The number of benzene rings is 1. The van der Waals surface area contributed by atoms with Gasteiger partial charge in [-0.1, -0.05) is 11.3 Å². The first-order valence-electron chi connectivity index (χ1n) is 15.5. The monoisotopic (exact) mass is 623 g/mol. The molecule has 0 unspecified atom stereocenters. The van der Waals surface area contributed by atoms with Crippen molar-refractivity contribution in [1.82, 2.24) is 14.5 Å². The molecule has 1 aromatic carbocycles. The van der Waals surface area contributed by atoms with E-state index in [2.05, 4.69) is 22.6 Å². The molecule has 1 amide bonds. The zero-order chi connectivity index (χ0) is 30.3. The second kappa shape index (κ2) is 14.7. The van der Waals surface area contributed by atoms with E-state index in [1.54, 1.807) is 16.2 Å². The van der Waals surface area contributed by atoms with Crippen LogP contribution >= 0.6 is 11.3 Å². The Morgan fingerprint density at radius 1 is 0.955 bits per heavy atom. The number of amides is 1. The highest BCUT2D eigenvalue weighted by molar-refractivity contribution is 7.22. The van der Waals surface area contributed by atoms with Gasteiger partial charge in [-0.25, -0.2) is 19.7 Å². The topological polar surface area (TPSA) is 100 Å². The van der Waals surface area contributed by atoms with Crippen LogP contribution < -0.4 is 9.80 Å². The highest BCUT2D eigenvalue weighted by Gasteiger charge is 2.25. The lowest BCUT2D eigenvalue weighted by molar-refractivity contribution is 0.00801. The number of aryl methyl sites for hydroxylation is 2. The minimum Gasteiger partial charge on any atom is -0.446 e. The van der Waals surface area contributed by atoms with Gasteiger partial charge >= 0.3 is 6.09 Å². The fraction of sp³-hybridized carbons (Fsp3) is 0.531. The van der Waals surface area contributed by atoms with Gasteiger partial charge in [-0.3, -0.25) is 0 Å². The van der Waals surface area contributed by atoms with Gasteiger partial charge in [0.2, 0.25) is 0 Å². The number of anilines is 3. The summed E-state index contributed by atoms with van der Waals surface area (Å²) in [5.41, 5.74) is 5.17. The van der Waals surface area contributed by atoms with Crippen molar-refractivity contribution >= 4 is 55.3 Å². The molecule has 11 nitrogen and oxygen atoms in total. The Balaban J connectivity index is 1.21. The van der Waals surface area contributed by atoms with Gasteiger partial charge in [-0.15, -0.1) is 0 Å². The molecular weight excluding hydrogens is 582 g/mol. The van der Waals surface area contributed by atoms with Gasteiger partial charge in [-0.05, 0) is 68.5 Å². The Morgan fingerprint density at radius 3 is 2.50 bits per heavy atom. The smallest absolute Gasteiger partial charge is 0.420 e. The molecule has 0 saturated carbocycles. The van der Waals surface area contributed by atoms with Crippen LogP contribution in [0.25, 0.3) is 21.3 Å². The van der Waals surface area contributed by atoms with Crippen LogP contribution in [0.4, 0.5) is 21.4 Å². The summed E-state index contributed by atoms with van der Waals surface area (Å²) in [6.07, 6.45) is 3.98. The van der Waals surface area contributed by atoms with Crippen LogP contribution in [0.5, 0.6) is 0 Å². The third kappa shape index (κ3) is 6.84. The highest BCUT2D eigenvalue weighted by Crippen LogP contribution is 2.36. The molecule has 4 heterocycles. The predicted molar refractivity (Wildman–Crippen MR) is 172 cm³/mol. The second-order valence-corrected chi connectivity index (χ2v) is 11.9. The molecule has 12 heteroatoms. The van der Waals surface area contributed by atoms with Gasteiger partial charge < -0.3 is 33.2 Å². The van der Waals surface area contributed by atoms with Crippen LogP contribution in [0.1, 0.15) is 31.0 Å². The molecule has 0 radical (unpaired) electrons. The average Bonchev–Trinajstić information content (AvgIpc) is 3.61. The summed E-state index contributed by atoms with van der Waals surface area (Å²) < 4.78 is 30.8. The molecule has 1 aliphatic carbocycles. The van der Waals surface area contributed by atoms with Crippen molar-refractivity contribution in [3.8, 4) is 0 Å². The van der Waals surface area contributed by atoms with Crippen molar-refractivity contribution in [2.75, 3.05) is 82.4 Å². The summed E-state index contributed by atoms with van der Waals surface area (Å²) in [4.78, 5) is 27.4. The minimum absolute atomic E-state index is 0.110. The highest BCUT2D eigenvalue weighted by atomic mass is 32.1. The third-order valence-corrected chi connectivity index (χ3v) is 9.14. The minimum atomic E-state index is -0.510. The number of pyridine rings is 1. The first kappa shape index (κ1) is 30.7. The number of aromatic nitrogens is 3. The lowest BCUT2D eigenvalue weighted by Crippen LogP contribution is -2.36. The summed E-state index contributed by atoms with van der Waals surface area (Å²) in [5.74, 6) is 0.515. The molecule has 0 N–H and O–H groups in total. The third-order valence-electron chi connectivity index (χ3n) is 8.06. The Bertz CT molecular complexity index is 1570. The van der Waals surface area contributed by atoms with Crippen molar-refractivity contribution in [3.05, 3.63) is 41.6 Å². The lowest BCUT2D eigenvalue weighted by atomic mass is 9.96. The van der Waals surface area contributed by atoms with Crippen molar-refractivity contribution in [3.63, 3.8) is 0 Å². The Morgan fingerprint density at radius 2 is 1.70 bits per heavy atom. The molecular formula is C32H41N5O6S. The molecule has 0 bridgehead atoms. The normalized spacial score (nSPS) is 15.2. The maximum Gasteiger partial charge on any atom is 0.420 e. The van der Waals surface area contributed by atoms with E-state index in [1.165, 1.54) is 24.1 Å². The van der Waals surface area contributed by atoms with Gasteiger partial charge in [0, 0.05) is 37.8 Å². The van der Waals surface area contributed by atoms with E-state index in [4.69, 9.17) is 33.7 Å². The number of hydrogen-bond donors (Lipinski definition) is 0. The van der Waals surface area contributed by atoms with E-state index in [0.717, 1.165) is 52.3 Å². The summed E-state index contributed by atoms with van der Waals surface area (Å²) in [5, 5.41) is 2.12. The van der Waals surface area contributed by atoms with Gasteiger partial charge in [0.15, 0.2) is 5.13 Å². The first-order chi connectivity index (χ1) is 21.6. The van der Waals surface area contributed by atoms with Crippen molar-refractivity contribution in [2.24, 2.45) is 7.05 Å². The summed E-state index contributed by atoms with van der Waals surface area (Å²) in [6.45, 7) is 7.99. The van der Waals surface area contributed by atoms with Gasteiger partial charge in [0.1, 0.15) is 18.1 Å². The van der Waals surface area contributed by atoms with Crippen molar-refractivity contribution in [1.29, 1.82) is 0 Å². The van der Waals surface area contributed by atoms with Crippen LogP contribution in [-0.4, -0.2) is 93.2 Å². The molecule has 4 aromatic rings. The number of carbonyl (C=O) groups is 1. The van der Waals surface area contributed by atoms with Crippen molar-refractivity contribution < 1.29 is 28.5 Å². The van der Waals surface area contributed by atoms with E-state index in [-0.39, 0.29) is 13.2 Å². The molecule has 6 rings (SSSR count). The van der Waals surface area contributed by atoms with Crippen LogP contribution in [0.15, 0.2) is 30.3 Å². The molecule has 1 aliphatic heterocycles. The van der Waals surface area contributed by atoms with Crippen molar-refractivity contribution in [2.45, 2.75) is 32.6 Å². The Labute approximate surface area is 261 Å². The molecule has 1 saturated heterocycles. The van der Waals surface area contributed by atoms with E-state index in [0.29, 0.717) is 57.8 Å². The fourth-order valence-electron chi connectivity index (χ4n) is 5.83. The zero-order valence-corrected chi connectivity index (χ0v) is 26.4. The molecule has 44 heavy (non-hydrogen) atoms. The number of hydrogen-bond acceptors (Lipinski definition) is 10. The van der Waals surface area contributed by atoms with Crippen LogP contribution in [0.3, 0.4) is 0 Å². The predicted octanol–water partition coefficient (Wildman–Crippen LogP) is 5.24. The van der Waals surface area contributed by atoms with E-state index in [9.17, 15) is 4.79 Å². The number of fused-ring (bicyclic) bond motifs is 4. The van der Waals surface area contributed by atoms with Crippen LogP contribution in [-0.2, 0) is 43.6 Å². The molecule has 0 atom stereocenters. The quantitative estimate of drug-likeness (QED) is 0.185. The molecule has 1 fully saturated rings. The lowest BCUT2D eigenvalue weighted by Gasteiger charge is -2.25. The molecule has 3 aromatic heterocycles. The van der Waals surface area contributed by atoms with E-state index >= 15 is 0 Å². The maximum atomic E-state index is 13.7. The van der Waals surface area contributed by atoms with Gasteiger partial charge in [0.05, 0.1) is 62.2 Å². The van der Waals surface area contributed by atoms with Crippen LogP contribution in [0.2, 0.25) is 0 Å². The first-order valence-corrected chi connectivity index (χ1v) is 16.4. The number of thiazole rings is 1. The van der Waals surface area contributed by atoms with Crippen LogP contribution in [0, 0.1) is 0 Å². The molecule has 0 spiro atoms. The standard InChI is InChI=1S/C32H41N5O6S/c1-3-39-16-17-41-18-19-42-20-21-43-32(38)37(29-11-9-25-24-6-4-5-7-27(24)35(2)30(25)34-29)23-8-10-26-28(22-23)44-31(33-26)36-12-14-40-15-13-36/h8-11,22H,3-7,12-21H2,1-2H3. The average molecular weight is 624 g/mol. The van der Waals surface area contributed by atoms with E-state index < -0.39 is 6.09 Å². The number of morpholine rings is 1. The maximum absolute atomic E-state index is 13.7. The number of rotatable bonds is 13. The van der Waals surface area contributed by atoms with Gasteiger partial charge in [-0.2, -0.15) is 0 Å². The fourth-order valence-corrected chi connectivity index (χ4v) is 6.88. The Hall–Kier alpha value is -3.29. The largest absolute Gasteiger partial charge is 0.446 e. The van der Waals surface area contributed by atoms with Gasteiger partial charge in [0.25, 0.3) is 0 Å². The Kier molecular flexibility index (Phi) is 10.2. The summed E-state index contributed by atoms with van der Waals surface area (Å²) in [6, 6.07) is 9.88. The molecule has 2 aliphatic rings. The SMILES string of the molecule is CCOCCOCCOCCOC(=O)N(c1ccc2nc(N3CCOCC3)sc2c1)c1ccc2c3c(n(C)c2n1)CCCC3. The van der Waals surface area contributed by atoms with E-state index in [1.807, 2.05) is 31.2 Å². The number of nitrogens with zero attached hydrogens (tertiary/aromatic N) is 5.